The second-order valence-corrected chi connectivity index (χ2v) is 5.63. The fourth-order valence-corrected chi connectivity index (χ4v) is 2.68. The summed E-state index contributed by atoms with van der Waals surface area (Å²) < 4.78 is 15.2. The van der Waals surface area contributed by atoms with Crippen molar-refractivity contribution in [3.63, 3.8) is 0 Å². The Kier molecular flexibility index (Phi) is 5.58. The fourth-order valence-electron chi connectivity index (χ4n) is 2.20. The van der Waals surface area contributed by atoms with Crippen LogP contribution in [0.2, 0.25) is 0 Å². The lowest BCUT2D eigenvalue weighted by Crippen LogP contribution is -2.38. The molecule has 8 nitrogen and oxygen atoms in total. The number of ether oxygens (including phenoxy) is 3. The van der Waals surface area contributed by atoms with E-state index in [1.165, 1.54) is 31.3 Å². The van der Waals surface area contributed by atoms with Gasteiger partial charge in [0.1, 0.15) is 12.4 Å². The van der Waals surface area contributed by atoms with E-state index in [0.717, 1.165) is 0 Å². The van der Waals surface area contributed by atoms with E-state index >= 15 is 0 Å². The van der Waals surface area contributed by atoms with Crippen LogP contribution in [0.1, 0.15) is 10.4 Å². The standard InChI is InChI=1S/C15H14BrNO7/c1-22-14(20)11-6-24-7-17(12(11)15(21)23-2)10-4-8(13(18)19)3-9(16)5-10/h3-5H,6-7H2,1-2H3,(H,18,19). The predicted octanol–water partition coefficient (Wildman–Crippen LogP) is 1.54. The van der Waals surface area contributed by atoms with Crippen LogP contribution in [0.3, 0.4) is 0 Å². The van der Waals surface area contributed by atoms with Crippen LogP contribution in [0, 0.1) is 0 Å². The van der Waals surface area contributed by atoms with Gasteiger partial charge in [-0.05, 0) is 18.2 Å². The van der Waals surface area contributed by atoms with Crippen molar-refractivity contribution in [2.45, 2.75) is 0 Å². The molecule has 1 N–H and O–H groups in total. The molecular formula is C15H14BrNO7. The van der Waals surface area contributed by atoms with Crippen LogP contribution in [0.4, 0.5) is 5.69 Å². The van der Waals surface area contributed by atoms with Gasteiger partial charge >= 0.3 is 17.9 Å². The van der Waals surface area contributed by atoms with E-state index in [1.807, 2.05) is 0 Å². The lowest BCUT2D eigenvalue weighted by Gasteiger charge is -2.31. The van der Waals surface area contributed by atoms with Crippen molar-refractivity contribution in [1.29, 1.82) is 0 Å². The Balaban J connectivity index is 2.61. The molecule has 0 fully saturated rings. The largest absolute Gasteiger partial charge is 0.478 e. The van der Waals surface area contributed by atoms with Gasteiger partial charge in [0, 0.05) is 10.2 Å². The highest BCUT2D eigenvalue weighted by molar-refractivity contribution is 9.10. The monoisotopic (exact) mass is 399 g/mol. The smallest absolute Gasteiger partial charge is 0.355 e. The van der Waals surface area contributed by atoms with E-state index in [2.05, 4.69) is 20.7 Å². The van der Waals surface area contributed by atoms with Crippen LogP contribution in [0.15, 0.2) is 33.9 Å². The Bertz CT molecular complexity index is 729. The summed E-state index contributed by atoms with van der Waals surface area (Å²) in [5.41, 5.74) is 0.301. The van der Waals surface area contributed by atoms with Gasteiger partial charge < -0.3 is 24.2 Å². The lowest BCUT2D eigenvalue weighted by atomic mass is 10.1. The van der Waals surface area contributed by atoms with Crippen LogP contribution in [-0.4, -0.2) is 50.6 Å². The predicted molar refractivity (Wildman–Crippen MR) is 85.5 cm³/mol. The molecule has 2 rings (SSSR count). The normalized spacial score (nSPS) is 14.4. The quantitative estimate of drug-likeness (QED) is 0.760. The average molecular weight is 400 g/mol. The number of carboxylic acid groups (broad SMARTS) is 1. The van der Waals surface area contributed by atoms with Crippen molar-refractivity contribution in [2.75, 3.05) is 32.5 Å². The molecule has 0 aromatic heterocycles. The van der Waals surface area contributed by atoms with E-state index in [1.54, 1.807) is 6.07 Å². The zero-order valence-corrected chi connectivity index (χ0v) is 14.5. The van der Waals surface area contributed by atoms with Gasteiger partial charge in [0.25, 0.3) is 0 Å². The van der Waals surface area contributed by atoms with Crippen molar-refractivity contribution >= 4 is 39.5 Å². The number of carbonyl (C=O) groups is 3. The number of esters is 2. The van der Waals surface area contributed by atoms with E-state index < -0.39 is 17.9 Å². The molecular weight excluding hydrogens is 386 g/mol. The van der Waals surface area contributed by atoms with Crippen LogP contribution in [0.5, 0.6) is 0 Å². The first-order valence-corrected chi connectivity index (χ1v) is 7.47. The lowest BCUT2D eigenvalue weighted by molar-refractivity contribution is -0.140. The number of anilines is 1. The molecule has 1 aromatic carbocycles. The summed E-state index contributed by atoms with van der Waals surface area (Å²) in [6.07, 6.45) is 0. The van der Waals surface area contributed by atoms with Crippen molar-refractivity contribution in [3.05, 3.63) is 39.5 Å². The zero-order chi connectivity index (χ0) is 17.9. The van der Waals surface area contributed by atoms with Crippen LogP contribution in [0.25, 0.3) is 0 Å². The molecule has 0 saturated heterocycles. The highest BCUT2D eigenvalue weighted by Gasteiger charge is 2.32. The number of rotatable bonds is 4. The number of hydrogen-bond acceptors (Lipinski definition) is 7. The minimum Gasteiger partial charge on any atom is -0.478 e. The van der Waals surface area contributed by atoms with Gasteiger partial charge in [0.05, 0.1) is 32.0 Å². The Morgan fingerprint density at radius 2 is 1.83 bits per heavy atom. The third-order valence-electron chi connectivity index (χ3n) is 3.27. The molecule has 24 heavy (non-hydrogen) atoms. The van der Waals surface area contributed by atoms with E-state index in [0.29, 0.717) is 10.2 Å². The Morgan fingerprint density at radius 3 is 2.42 bits per heavy atom. The van der Waals surface area contributed by atoms with Crippen molar-refractivity contribution in [2.24, 2.45) is 0 Å². The molecule has 0 atom stereocenters. The van der Waals surface area contributed by atoms with Crippen LogP contribution in [-0.2, 0) is 23.8 Å². The van der Waals surface area contributed by atoms with Gasteiger partial charge in [-0.3, -0.25) is 0 Å². The fraction of sp³-hybridized carbons (Fsp3) is 0.267. The first-order chi connectivity index (χ1) is 11.4. The molecule has 0 aliphatic carbocycles. The number of carboxylic acids is 1. The number of nitrogens with zero attached hydrogens (tertiary/aromatic N) is 1. The van der Waals surface area contributed by atoms with Gasteiger partial charge in [-0.15, -0.1) is 0 Å². The third-order valence-corrected chi connectivity index (χ3v) is 3.73. The first kappa shape index (κ1) is 18.0. The molecule has 128 valence electrons. The molecule has 1 aliphatic rings. The van der Waals surface area contributed by atoms with Crippen LogP contribution < -0.4 is 4.90 Å². The van der Waals surface area contributed by atoms with Crippen molar-refractivity contribution in [1.82, 2.24) is 0 Å². The highest BCUT2D eigenvalue weighted by Crippen LogP contribution is 2.30. The minimum atomic E-state index is -1.13. The molecule has 0 bridgehead atoms. The van der Waals surface area contributed by atoms with Gasteiger partial charge in [-0.25, -0.2) is 14.4 Å². The molecule has 0 saturated carbocycles. The summed E-state index contributed by atoms with van der Waals surface area (Å²) in [5, 5.41) is 9.18. The van der Waals surface area contributed by atoms with Crippen molar-refractivity contribution in [3.8, 4) is 0 Å². The Morgan fingerprint density at radius 1 is 1.17 bits per heavy atom. The summed E-state index contributed by atoms with van der Waals surface area (Å²) in [6, 6.07) is 4.37. The number of carbonyl (C=O) groups excluding carboxylic acids is 2. The maximum Gasteiger partial charge on any atom is 0.355 e. The zero-order valence-electron chi connectivity index (χ0n) is 12.9. The maximum absolute atomic E-state index is 12.2. The third kappa shape index (κ3) is 3.57. The molecule has 0 unspecified atom stereocenters. The summed E-state index contributed by atoms with van der Waals surface area (Å²) in [7, 11) is 2.37. The number of methoxy groups -OCH3 is 2. The second-order valence-electron chi connectivity index (χ2n) is 4.72. The SMILES string of the molecule is COC(=O)C1=C(C(=O)OC)N(c2cc(Br)cc(C(=O)O)c2)COC1. The Hall–Kier alpha value is -2.39. The first-order valence-electron chi connectivity index (χ1n) is 6.68. The average Bonchev–Trinajstić information content (AvgIpc) is 2.59. The molecule has 1 aliphatic heterocycles. The number of aromatic carboxylic acids is 1. The van der Waals surface area contributed by atoms with Gasteiger partial charge in [-0.2, -0.15) is 0 Å². The van der Waals surface area contributed by atoms with E-state index in [4.69, 9.17) is 9.47 Å². The van der Waals surface area contributed by atoms with Gasteiger partial charge in [-0.1, -0.05) is 15.9 Å². The van der Waals surface area contributed by atoms with Crippen LogP contribution >= 0.6 is 15.9 Å². The Labute approximate surface area is 145 Å². The van der Waals surface area contributed by atoms with Gasteiger partial charge in [0.2, 0.25) is 0 Å². The summed E-state index contributed by atoms with van der Waals surface area (Å²) in [4.78, 5) is 36.7. The molecule has 9 heteroatoms. The summed E-state index contributed by atoms with van der Waals surface area (Å²) in [5.74, 6) is -2.61. The van der Waals surface area contributed by atoms with E-state index in [9.17, 15) is 19.5 Å². The van der Waals surface area contributed by atoms with E-state index in [-0.39, 0.29) is 30.2 Å². The topological polar surface area (TPSA) is 102 Å². The summed E-state index contributed by atoms with van der Waals surface area (Å²) >= 11 is 3.23. The van der Waals surface area contributed by atoms with Crippen molar-refractivity contribution < 1.29 is 33.7 Å². The summed E-state index contributed by atoms with van der Waals surface area (Å²) in [6.45, 7) is -0.173. The number of hydrogen-bond donors (Lipinski definition) is 1. The highest BCUT2D eigenvalue weighted by atomic mass is 79.9. The minimum absolute atomic E-state index is 0.00699. The molecule has 0 spiro atoms. The molecule has 0 amide bonds. The second kappa shape index (κ2) is 7.45. The number of halogens is 1. The molecule has 1 aromatic rings. The van der Waals surface area contributed by atoms with Gasteiger partial charge in [0.15, 0.2) is 0 Å². The number of benzene rings is 1. The molecule has 1 heterocycles. The maximum atomic E-state index is 12.2. The molecule has 0 radical (unpaired) electrons.